The molecule has 2 aromatic rings. The van der Waals surface area contributed by atoms with Gasteiger partial charge in [0.25, 0.3) is 5.91 Å². The number of nitrogens with one attached hydrogen (secondary N) is 1. The maximum absolute atomic E-state index is 11.7. The van der Waals surface area contributed by atoms with Crippen molar-refractivity contribution in [3.63, 3.8) is 0 Å². The highest BCUT2D eigenvalue weighted by Gasteiger charge is 2.14. The Morgan fingerprint density at radius 2 is 1.95 bits per heavy atom. The second kappa shape index (κ2) is 6.60. The number of benzene rings is 1. The minimum atomic E-state index is -0.682. The van der Waals surface area contributed by atoms with Gasteiger partial charge in [0.1, 0.15) is 11.5 Å². The topological polar surface area (TPSA) is 77.8 Å². The Balaban J connectivity index is 1.89. The van der Waals surface area contributed by atoms with E-state index in [0.29, 0.717) is 17.2 Å². The van der Waals surface area contributed by atoms with Gasteiger partial charge in [-0.25, -0.2) is 4.79 Å². The second-order valence-corrected chi connectivity index (χ2v) is 4.23. The van der Waals surface area contributed by atoms with Crippen LogP contribution >= 0.6 is 0 Å². The molecule has 110 valence electrons. The average molecular weight is 289 g/mol. The van der Waals surface area contributed by atoms with E-state index in [2.05, 4.69) is 5.32 Å². The van der Waals surface area contributed by atoms with Crippen molar-refractivity contribution < 1.29 is 23.5 Å². The molecular formula is C15H15NO5. The first-order chi connectivity index (χ1) is 10.1. The SMILES string of the molecule is COc1ccccc1NC(=O)COC(=O)c1ccc(C)o1. The van der Waals surface area contributed by atoms with Gasteiger partial charge in [-0.15, -0.1) is 0 Å². The molecular weight excluding hydrogens is 274 g/mol. The molecule has 1 amide bonds. The van der Waals surface area contributed by atoms with Crippen molar-refractivity contribution in [2.24, 2.45) is 0 Å². The third kappa shape index (κ3) is 3.85. The summed E-state index contributed by atoms with van der Waals surface area (Å²) in [4.78, 5) is 23.4. The lowest BCUT2D eigenvalue weighted by molar-refractivity contribution is -0.119. The van der Waals surface area contributed by atoms with Crippen molar-refractivity contribution in [3.05, 3.63) is 47.9 Å². The van der Waals surface area contributed by atoms with Crippen molar-refractivity contribution in [1.29, 1.82) is 0 Å². The van der Waals surface area contributed by atoms with Gasteiger partial charge in [-0.2, -0.15) is 0 Å². The highest BCUT2D eigenvalue weighted by atomic mass is 16.5. The maximum Gasteiger partial charge on any atom is 0.374 e. The minimum absolute atomic E-state index is 0.0672. The molecule has 6 heteroatoms. The number of esters is 1. The average Bonchev–Trinajstić information content (AvgIpc) is 2.92. The first kappa shape index (κ1) is 14.6. The van der Waals surface area contributed by atoms with E-state index in [-0.39, 0.29) is 5.76 Å². The molecule has 21 heavy (non-hydrogen) atoms. The number of amides is 1. The Hall–Kier alpha value is -2.76. The van der Waals surface area contributed by atoms with E-state index in [4.69, 9.17) is 13.9 Å². The Morgan fingerprint density at radius 3 is 2.62 bits per heavy atom. The van der Waals surface area contributed by atoms with Gasteiger partial charge in [-0.3, -0.25) is 4.79 Å². The first-order valence-electron chi connectivity index (χ1n) is 6.26. The number of methoxy groups -OCH3 is 1. The van der Waals surface area contributed by atoms with E-state index in [0.717, 1.165) is 0 Å². The van der Waals surface area contributed by atoms with E-state index >= 15 is 0 Å². The molecule has 1 heterocycles. The highest BCUT2D eigenvalue weighted by Crippen LogP contribution is 2.22. The fourth-order valence-corrected chi connectivity index (χ4v) is 1.68. The third-order valence-electron chi connectivity index (χ3n) is 2.66. The standard InChI is InChI=1S/C15H15NO5/c1-10-7-8-13(21-10)15(18)20-9-14(17)16-11-5-3-4-6-12(11)19-2/h3-8H,9H2,1-2H3,(H,16,17). The van der Waals surface area contributed by atoms with Gasteiger partial charge in [0.2, 0.25) is 5.76 Å². The number of aryl methyl sites for hydroxylation is 1. The van der Waals surface area contributed by atoms with Crippen molar-refractivity contribution >= 4 is 17.6 Å². The van der Waals surface area contributed by atoms with Gasteiger partial charge in [0, 0.05) is 0 Å². The second-order valence-electron chi connectivity index (χ2n) is 4.23. The predicted molar refractivity (Wildman–Crippen MR) is 75.4 cm³/mol. The van der Waals surface area contributed by atoms with Gasteiger partial charge in [0.05, 0.1) is 12.8 Å². The zero-order valence-electron chi connectivity index (χ0n) is 11.7. The fourth-order valence-electron chi connectivity index (χ4n) is 1.68. The monoisotopic (exact) mass is 289 g/mol. The fraction of sp³-hybridized carbons (Fsp3) is 0.200. The molecule has 0 unspecified atom stereocenters. The van der Waals surface area contributed by atoms with E-state index in [1.165, 1.54) is 13.2 Å². The number of anilines is 1. The van der Waals surface area contributed by atoms with E-state index < -0.39 is 18.5 Å². The molecule has 1 N–H and O–H groups in total. The summed E-state index contributed by atoms with van der Waals surface area (Å²) in [5.74, 6) is 0.0475. The molecule has 0 atom stereocenters. The largest absolute Gasteiger partial charge is 0.495 e. The number of carbonyl (C=O) groups is 2. The molecule has 0 aliphatic heterocycles. The number of furan rings is 1. The number of carbonyl (C=O) groups excluding carboxylic acids is 2. The van der Waals surface area contributed by atoms with Gasteiger partial charge < -0.3 is 19.2 Å². The molecule has 0 aliphatic carbocycles. The van der Waals surface area contributed by atoms with Crippen molar-refractivity contribution in [2.75, 3.05) is 19.0 Å². The Labute approximate surface area is 121 Å². The van der Waals surface area contributed by atoms with Crippen LogP contribution in [0.15, 0.2) is 40.8 Å². The molecule has 1 aromatic carbocycles. The zero-order chi connectivity index (χ0) is 15.2. The number of hydrogen-bond donors (Lipinski definition) is 1. The lowest BCUT2D eigenvalue weighted by atomic mass is 10.3. The molecule has 2 rings (SSSR count). The van der Waals surface area contributed by atoms with Crippen LogP contribution in [0.4, 0.5) is 5.69 Å². The van der Waals surface area contributed by atoms with Gasteiger partial charge >= 0.3 is 5.97 Å². The van der Waals surface area contributed by atoms with E-state index in [1.807, 2.05) is 0 Å². The van der Waals surface area contributed by atoms with Crippen LogP contribution in [0.25, 0.3) is 0 Å². The lowest BCUT2D eigenvalue weighted by Gasteiger charge is -2.09. The van der Waals surface area contributed by atoms with Crippen LogP contribution in [0.3, 0.4) is 0 Å². The molecule has 0 spiro atoms. The maximum atomic E-state index is 11.7. The molecule has 0 bridgehead atoms. The number of hydrogen-bond acceptors (Lipinski definition) is 5. The van der Waals surface area contributed by atoms with Crippen molar-refractivity contribution in [2.45, 2.75) is 6.92 Å². The third-order valence-corrected chi connectivity index (χ3v) is 2.66. The summed E-state index contributed by atoms with van der Waals surface area (Å²) >= 11 is 0. The summed E-state index contributed by atoms with van der Waals surface area (Å²) in [6, 6.07) is 10.1. The quantitative estimate of drug-likeness (QED) is 0.855. The van der Waals surface area contributed by atoms with Crippen LogP contribution in [-0.4, -0.2) is 25.6 Å². The van der Waals surface area contributed by atoms with Crippen LogP contribution in [-0.2, 0) is 9.53 Å². The highest BCUT2D eigenvalue weighted by molar-refractivity contribution is 5.95. The lowest BCUT2D eigenvalue weighted by Crippen LogP contribution is -2.21. The van der Waals surface area contributed by atoms with Crippen LogP contribution in [0.1, 0.15) is 16.3 Å². The van der Waals surface area contributed by atoms with Crippen molar-refractivity contribution in [1.82, 2.24) is 0 Å². The molecule has 0 saturated carbocycles. The van der Waals surface area contributed by atoms with E-state index in [1.54, 1.807) is 37.3 Å². The van der Waals surface area contributed by atoms with Gasteiger partial charge in [-0.05, 0) is 31.2 Å². The molecule has 0 saturated heterocycles. The molecule has 0 fully saturated rings. The Morgan fingerprint density at radius 1 is 1.19 bits per heavy atom. The molecule has 0 radical (unpaired) electrons. The normalized spacial score (nSPS) is 10.0. The number of rotatable bonds is 5. The molecule has 1 aromatic heterocycles. The summed E-state index contributed by atoms with van der Waals surface area (Å²) in [7, 11) is 1.50. The summed E-state index contributed by atoms with van der Waals surface area (Å²) in [6.45, 7) is 1.31. The Bertz CT molecular complexity index is 647. The van der Waals surface area contributed by atoms with E-state index in [9.17, 15) is 9.59 Å². The van der Waals surface area contributed by atoms with Crippen LogP contribution in [0, 0.1) is 6.92 Å². The molecule has 6 nitrogen and oxygen atoms in total. The van der Waals surface area contributed by atoms with Crippen LogP contribution in [0.2, 0.25) is 0 Å². The smallest absolute Gasteiger partial charge is 0.374 e. The zero-order valence-corrected chi connectivity index (χ0v) is 11.7. The van der Waals surface area contributed by atoms with Crippen LogP contribution in [0.5, 0.6) is 5.75 Å². The Kier molecular flexibility index (Phi) is 4.61. The first-order valence-corrected chi connectivity index (χ1v) is 6.26. The summed E-state index contributed by atoms with van der Waals surface area (Å²) < 4.78 is 15.1. The summed E-state index contributed by atoms with van der Waals surface area (Å²) in [5, 5.41) is 2.60. The molecule has 0 aliphatic rings. The predicted octanol–water partition coefficient (Wildman–Crippen LogP) is 2.39. The summed E-state index contributed by atoms with van der Waals surface area (Å²) in [5.41, 5.74) is 0.509. The van der Waals surface area contributed by atoms with Gasteiger partial charge in [0.15, 0.2) is 6.61 Å². The number of para-hydroxylation sites is 2. The van der Waals surface area contributed by atoms with Crippen LogP contribution < -0.4 is 10.1 Å². The van der Waals surface area contributed by atoms with Crippen molar-refractivity contribution in [3.8, 4) is 5.75 Å². The summed E-state index contributed by atoms with van der Waals surface area (Å²) in [6.07, 6.45) is 0. The minimum Gasteiger partial charge on any atom is -0.495 e. The van der Waals surface area contributed by atoms with Gasteiger partial charge in [-0.1, -0.05) is 12.1 Å². The number of ether oxygens (including phenoxy) is 2.